The molecule has 1 aromatic carbocycles. The highest BCUT2D eigenvalue weighted by atomic mass is 32.1. The van der Waals surface area contributed by atoms with E-state index in [4.69, 9.17) is 10.5 Å². The Morgan fingerprint density at radius 1 is 1.09 bits per heavy atom. The highest BCUT2D eigenvalue weighted by Crippen LogP contribution is 2.57. The molecule has 2 unspecified atom stereocenters. The molecule has 3 fully saturated rings. The fraction of sp³-hybridized carbons (Fsp3) is 0.478. The molecule has 0 radical (unpaired) electrons. The largest absolute Gasteiger partial charge is 0.511 e. The number of hydrogen-bond donors (Lipinski definition) is 2. The SMILES string of the molecule is Cc1cc(Oc2nc(C(F)(F)F)c(N)s2)cc(C)c1C1=C(O)C2C3CCC(CC3)C2C1=O. The van der Waals surface area contributed by atoms with Crippen molar-refractivity contribution in [3.8, 4) is 10.9 Å². The van der Waals surface area contributed by atoms with Gasteiger partial charge in [0, 0.05) is 11.8 Å². The van der Waals surface area contributed by atoms with E-state index in [0.29, 0.717) is 51.2 Å². The summed E-state index contributed by atoms with van der Waals surface area (Å²) < 4.78 is 44.5. The molecule has 5 nitrogen and oxygen atoms in total. The third-order valence-electron chi connectivity index (χ3n) is 7.20. The standard InChI is InChI=1S/C23H23F3N2O3S/c1-9-7-13(31-22-28-20(21(27)32-22)23(24,25)26)8-10(2)14(9)17-18(29)15-11-3-4-12(6-5-11)16(15)19(17)30/h7-8,11-12,15-16,29H,3-6,27H2,1-2H3. The van der Waals surface area contributed by atoms with Crippen LogP contribution in [0.5, 0.6) is 10.9 Å². The molecule has 9 heteroatoms. The molecule has 0 spiro atoms. The first kappa shape index (κ1) is 21.3. The number of aromatic nitrogens is 1. The van der Waals surface area contributed by atoms with Gasteiger partial charge < -0.3 is 15.6 Å². The number of halogens is 3. The zero-order valence-corrected chi connectivity index (χ0v) is 18.4. The van der Waals surface area contributed by atoms with Gasteiger partial charge in [-0.05, 0) is 80.2 Å². The molecule has 4 aliphatic rings. The van der Waals surface area contributed by atoms with Gasteiger partial charge >= 0.3 is 6.18 Å². The second-order valence-corrected chi connectivity index (χ2v) is 10.1. The minimum atomic E-state index is -4.65. The Kier molecular flexibility index (Phi) is 4.81. The van der Waals surface area contributed by atoms with Crippen molar-refractivity contribution in [2.75, 3.05) is 5.73 Å². The number of aryl methyl sites for hydroxylation is 2. The monoisotopic (exact) mass is 464 g/mol. The van der Waals surface area contributed by atoms with E-state index in [1.807, 2.05) is 0 Å². The molecule has 1 heterocycles. The predicted molar refractivity (Wildman–Crippen MR) is 115 cm³/mol. The number of nitrogens with two attached hydrogens (primary N) is 1. The van der Waals surface area contributed by atoms with Crippen molar-refractivity contribution < 1.29 is 27.8 Å². The summed E-state index contributed by atoms with van der Waals surface area (Å²) in [5.41, 5.74) is 6.79. The lowest BCUT2D eigenvalue weighted by atomic mass is 9.59. The Morgan fingerprint density at radius 3 is 2.16 bits per heavy atom. The predicted octanol–water partition coefficient (Wildman–Crippen LogP) is 6.06. The number of carbonyl (C=O) groups excluding carboxylic acids is 1. The fourth-order valence-electron chi connectivity index (χ4n) is 5.97. The molecule has 32 heavy (non-hydrogen) atoms. The Hall–Kier alpha value is -2.55. The average Bonchev–Trinajstić information content (AvgIpc) is 3.22. The number of anilines is 1. The number of nitrogen functional groups attached to an aromatic ring is 1. The van der Waals surface area contributed by atoms with Crippen LogP contribution in [0.1, 0.15) is 48.1 Å². The lowest BCUT2D eigenvalue weighted by Crippen LogP contribution is -2.41. The smallest absolute Gasteiger partial charge is 0.436 e. The quantitative estimate of drug-likeness (QED) is 0.577. The third-order valence-corrected chi connectivity index (χ3v) is 7.97. The zero-order chi connectivity index (χ0) is 22.9. The number of ketones is 1. The molecule has 2 bridgehead atoms. The minimum Gasteiger partial charge on any atom is -0.511 e. The maximum absolute atomic E-state index is 13.4. The Labute approximate surface area is 187 Å². The number of aliphatic hydroxyl groups excluding tert-OH is 1. The molecule has 0 saturated heterocycles. The molecule has 170 valence electrons. The topological polar surface area (TPSA) is 85.4 Å². The number of carbonyl (C=O) groups is 1. The van der Waals surface area contributed by atoms with Gasteiger partial charge in [-0.15, -0.1) is 0 Å². The number of rotatable bonds is 3. The number of ether oxygens (including phenoxy) is 1. The molecule has 6 rings (SSSR count). The van der Waals surface area contributed by atoms with E-state index in [9.17, 15) is 23.1 Å². The van der Waals surface area contributed by atoms with Gasteiger partial charge in [-0.2, -0.15) is 18.2 Å². The number of nitrogens with zero attached hydrogens (tertiary/aromatic N) is 1. The molecular formula is C23H23F3N2O3S. The summed E-state index contributed by atoms with van der Waals surface area (Å²) in [6, 6.07) is 3.30. The number of thiazole rings is 1. The Bertz CT molecular complexity index is 1120. The summed E-state index contributed by atoms with van der Waals surface area (Å²) in [7, 11) is 0. The molecular weight excluding hydrogens is 441 g/mol. The van der Waals surface area contributed by atoms with Gasteiger partial charge in [-0.3, -0.25) is 4.79 Å². The summed E-state index contributed by atoms with van der Waals surface area (Å²) in [4.78, 5) is 16.9. The molecule has 0 amide bonds. The number of alkyl halides is 3. The van der Waals surface area contributed by atoms with Crippen LogP contribution in [-0.4, -0.2) is 15.9 Å². The van der Waals surface area contributed by atoms with E-state index in [1.165, 1.54) is 0 Å². The van der Waals surface area contributed by atoms with Crippen LogP contribution in [-0.2, 0) is 11.0 Å². The van der Waals surface area contributed by atoms with E-state index in [-0.39, 0.29) is 28.6 Å². The second kappa shape index (κ2) is 7.23. The summed E-state index contributed by atoms with van der Waals surface area (Å²) >= 11 is 0.620. The summed E-state index contributed by atoms with van der Waals surface area (Å²) in [5, 5.41) is 10.4. The summed E-state index contributed by atoms with van der Waals surface area (Å²) in [5.74, 6) is 0.992. The molecule has 2 atom stereocenters. The zero-order valence-electron chi connectivity index (χ0n) is 17.6. The molecule has 0 aliphatic heterocycles. The van der Waals surface area contributed by atoms with Gasteiger partial charge in [0.15, 0.2) is 11.5 Å². The van der Waals surface area contributed by atoms with Crippen LogP contribution in [0.15, 0.2) is 17.9 Å². The van der Waals surface area contributed by atoms with E-state index >= 15 is 0 Å². The van der Waals surface area contributed by atoms with Crippen LogP contribution in [0.4, 0.5) is 18.2 Å². The second-order valence-electron chi connectivity index (χ2n) is 9.08. The lowest BCUT2D eigenvalue weighted by Gasteiger charge is -2.44. The minimum absolute atomic E-state index is 0.0179. The first-order valence-electron chi connectivity index (χ1n) is 10.7. The summed E-state index contributed by atoms with van der Waals surface area (Å²) in [6.07, 6.45) is -0.462. The first-order valence-corrected chi connectivity index (χ1v) is 11.5. The van der Waals surface area contributed by atoms with Gasteiger partial charge in [0.05, 0.1) is 5.57 Å². The van der Waals surface area contributed by atoms with Crippen molar-refractivity contribution in [1.29, 1.82) is 0 Å². The number of benzene rings is 1. The van der Waals surface area contributed by atoms with Gasteiger partial charge in [-0.25, -0.2) is 0 Å². The van der Waals surface area contributed by atoms with Gasteiger partial charge in [0.25, 0.3) is 5.19 Å². The van der Waals surface area contributed by atoms with E-state index < -0.39 is 16.9 Å². The lowest BCUT2D eigenvalue weighted by molar-refractivity contribution is -0.140. The highest BCUT2D eigenvalue weighted by Gasteiger charge is 2.54. The van der Waals surface area contributed by atoms with Gasteiger partial charge in [0.2, 0.25) is 0 Å². The summed E-state index contributed by atoms with van der Waals surface area (Å²) in [6.45, 7) is 3.60. The van der Waals surface area contributed by atoms with Crippen molar-refractivity contribution in [1.82, 2.24) is 4.98 Å². The molecule has 3 saturated carbocycles. The van der Waals surface area contributed by atoms with Crippen molar-refractivity contribution in [3.05, 3.63) is 40.3 Å². The maximum atomic E-state index is 13.4. The highest BCUT2D eigenvalue weighted by molar-refractivity contribution is 7.17. The number of Topliss-reactive ketones (excluding diaryl/α,β-unsaturated/α-hetero) is 1. The molecule has 2 aromatic rings. The van der Waals surface area contributed by atoms with Crippen molar-refractivity contribution in [2.24, 2.45) is 23.7 Å². The number of hydrogen-bond acceptors (Lipinski definition) is 6. The van der Waals surface area contributed by atoms with Crippen LogP contribution in [0.25, 0.3) is 5.57 Å². The third kappa shape index (κ3) is 3.20. The van der Waals surface area contributed by atoms with Crippen LogP contribution in [0.3, 0.4) is 0 Å². The molecule has 4 aliphatic carbocycles. The van der Waals surface area contributed by atoms with E-state index in [0.717, 1.165) is 25.7 Å². The first-order chi connectivity index (χ1) is 15.1. The van der Waals surface area contributed by atoms with Crippen LogP contribution < -0.4 is 10.5 Å². The van der Waals surface area contributed by atoms with Crippen LogP contribution in [0.2, 0.25) is 0 Å². The van der Waals surface area contributed by atoms with E-state index in [1.54, 1.807) is 26.0 Å². The number of allylic oxidation sites excluding steroid dienone is 2. The van der Waals surface area contributed by atoms with Crippen molar-refractivity contribution in [3.63, 3.8) is 0 Å². The van der Waals surface area contributed by atoms with E-state index in [2.05, 4.69) is 4.98 Å². The average molecular weight is 465 g/mol. The number of aliphatic hydroxyl groups is 1. The van der Waals surface area contributed by atoms with Gasteiger partial charge in [-0.1, -0.05) is 11.3 Å². The van der Waals surface area contributed by atoms with Crippen LogP contribution in [0, 0.1) is 37.5 Å². The fourth-order valence-corrected chi connectivity index (χ4v) is 6.69. The van der Waals surface area contributed by atoms with Crippen LogP contribution >= 0.6 is 11.3 Å². The number of fused-ring (bicyclic) bond motifs is 2. The Morgan fingerprint density at radius 2 is 1.66 bits per heavy atom. The van der Waals surface area contributed by atoms with Crippen molar-refractivity contribution in [2.45, 2.75) is 45.7 Å². The Balaban J connectivity index is 1.48. The van der Waals surface area contributed by atoms with Crippen molar-refractivity contribution >= 4 is 27.7 Å². The van der Waals surface area contributed by atoms with Gasteiger partial charge in [0.1, 0.15) is 16.5 Å². The molecule has 3 N–H and O–H groups in total. The normalized spacial score (nSPS) is 27.2. The molecule has 1 aromatic heterocycles. The maximum Gasteiger partial charge on any atom is 0.436 e.